The van der Waals surface area contributed by atoms with Gasteiger partial charge >= 0.3 is 6.03 Å². The van der Waals surface area contributed by atoms with E-state index < -0.39 is 17.0 Å². The van der Waals surface area contributed by atoms with Crippen molar-refractivity contribution < 1.29 is 18.9 Å². The minimum absolute atomic E-state index is 0.120. The second-order valence-corrected chi connectivity index (χ2v) is 8.22. The second-order valence-electron chi connectivity index (χ2n) is 8.22. The smallest absolute Gasteiger partial charge is 0.322 e. The molecule has 3 aromatic carbocycles. The fourth-order valence-corrected chi connectivity index (χ4v) is 4.34. The molecular formula is C26H22N4O5. The first kappa shape index (κ1) is 22.1. The lowest BCUT2D eigenvalue weighted by Crippen LogP contribution is -2.53. The highest BCUT2D eigenvalue weighted by Gasteiger charge is 2.35. The molecule has 1 saturated heterocycles. The Morgan fingerprint density at radius 2 is 1.66 bits per heavy atom. The van der Waals surface area contributed by atoms with Gasteiger partial charge in [-0.25, -0.2) is 4.79 Å². The average Bonchev–Trinajstić information content (AvgIpc) is 3.33. The van der Waals surface area contributed by atoms with Crippen LogP contribution in [0.15, 0.2) is 89.3 Å². The van der Waals surface area contributed by atoms with Gasteiger partial charge in [-0.05, 0) is 23.8 Å². The Kier molecular flexibility index (Phi) is 5.88. The number of urea groups is 1. The molecule has 1 aliphatic rings. The predicted molar refractivity (Wildman–Crippen MR) is 130 cm³/mol. The van der Waals surface area contributed by atoms with Crippen molar-refractivity contribution in [2.24, 2.45) is 0 Å². The third-order valence-electron chi connectivity index (χ3n) is 6.09. The molecule has 1 aliphatic heterocycles. The van der Waals surface area contributed by atoms with Gasteiger partial charge in [0.1, 0.15) is 11.3 Å². The van der Waals surface area contributed by atoms with E-state index in [1.165, 1.54) is 12.1 Å². The van der Waals surface area contributed by atoms with Crippen LogP contribution in [0.4, 0.5) is 16.2 Å². The Bertz CT molecular complexity index is 1370. The molecule has 9 nitrogen and oxygen atoms in total. The Labute approximate surface area is 200 Å². The van der Waals surface area contributed by atoms with Crippen LogP contribution in [0.25, 0.3) is 11.0 Å². The molecule has 35 heavy (non-hydrogen) atoms. The van der Waals surface area contributed by atoms with Gasteiger partial charge in [0.2, 0.25) is 0 Å². The fourth-order valence-electron chi connectivity index (χ4n) is 4.34. The van der Waals surface area contributed by atoms with E-state index in [2.05, 4.69) is 5.32 Å². The van der Waals surface area contributed by atoms with E-state index in [0.717, 1.165) is 10.9 Å². The fraction of sp³-hybridized carbons (Fsp3) is 0.154. The maximum absolute atomic E-state index is 13.3. The molecule has 1 aromatic heterocycles. The van der Waals surface area contributed by atoms with Crippen LogP contribution in [-0.2, 0) is 0 Å². The van der Waals surface area contributed by atoms with E-state index in [1.807, 2.05) is 54.6 Å². The van der Waals surface area contributed by atoms with E-state index in [-0.39, 0.29) is 36.1 Å². The van der Waals surface area contributed by atoms with Crippen molar-refractivity contribution in [2.75, 3.05) is 25.0 Å². The zero-order valence-electron chi connectivity index (χ0n) is 18.7. The van der Waals surface area contributed by atoms with Crippen molar-refractivity contribution in [2.45, 2.75) is 6.04 Å². The molecule has 0 aliphatic carbocycles. The van der Waals surface area contributed by atoms with Crippen molar-refractivity contribution in [1.29, 1.82) is 0 Å². The van der Waals surface area contributed by atoms with Crippen LogP contribution in [0, 0.1) is 10.1 Å². The molecule has 1 N–H and O–H groups in total. The number of nitrogens with one attached hydrogen (secondary N) is 1. The van der Waals surface area contributed by atoms with Gasteiger partial charge in [0.25, 0.3) is 11.6 Å². The van der Waals surface area contributed by atoms with Crippen LogP contribution in [0.5, 0.6) is 0 Å². The van der Waals surface area contributed by atoms with Crippen LogP contribution in [0.2, 0.25) is 0 Å². The minimum Gasteiger partial charge on any atom is -0.451 e. The average molecular weight is 470 g/mol. The van der Waals surface area contributed by atoms with Gasteiger partial charge in [0.05, 0.1) is 11.0 Å². The number of fused-ring (bicyclic) bond motifs is 1. The topological polar surface area (TPSA) is 109 Å². The maximum atomic E-state index is 13.3. The van der Waals surface area contributed by atoms with Crippen LogP contribution in [0.1, 0.15) is 22.2 Å². The quantitative estimate of drug-likeness (QED) is 0.331. The number of anilines is 1. The highest BCUT2D eigenvalue weighted by atomic mass is 16.6. The molecule has 5 rings (SSSR count). The number of rotatable bonds is 4. The number of nitrogens with zero attached hydrogens (tertiary/aromatic N) is 3. The van der Waals surface area contributed by atoms with E-state index in [1.54, 1.807) is 28.0 Å². The summed E-state index contributed by atoms with van der Waals surface area (Å²) in [6.45, 7) is 0.797. The molecule has 0 spiro atoms. The van der Waals surface area contributed by atoms with Gasteiger partial charge < -0.3 is 19.5 Å². The summed E-state index contributed by atoms with van der Waals surface area (Å²) in [5.41, 5.74) is 1.43. The Hall–Kier alpha value is -4.66. The van der Waals surface area contributed by atoms with Gasteiger partial charge in [-0.15, -0.1) is 0 Å². The van der Waals surface area contributed by atoms with Crippen LogP contribution >= 0.6 is 0 Å². The van der Waals surface area contributed by atoms with Gasteiger partial charge in [0.15, 0.2) is 5.76 Å². The zero-order chi connectivity index (χ0) is 24.4. The molecule has 9 heteroatoms. The lowest BCUT2D eigenvalue weighted by Gasteiger charge is -2.41. The number of nitro groups is 1. The summed E-state index contributed by atoms with van der Waals surface area (Å²) in [6.07, 6.45) is 0. The Morgan fingerprint density at radius 1 is 0.943 bits per heavy atom. The lowest BCUT2D eigenvalue weighted by molar-refractivity contribution is -0.383. The molecule has 1 atom stereocenters. The van der Waals surface area contributed by atoms with Gasteiger partial charge in [-0.2, -0.15) is 0 Å². The molecule has 176 valence electrons. The van der Waals surface area contributed by atoms with E-state index in [4.69, 9.17) is 4.42 Å². The Morgan fingerprint density at radius 3 is 2.43 bits per heavy atom. The van der Waals surface area contributed by atoms with Crippen molar-refractivity contribution in [3.63, 3.8) is 0 Å². The van der Waals surface area contributed by atoms with E-state index >= 15 is 0 Å². The Balaban J connectivity index is 1.40. The van der Waals surface area contributed by atoms with Crippen molar-refractivity contribution in [1.82, 2.24) is 9.80 Å². The predicted octanol–water partition coefficient (Wildman–Crippen LogP) is 5.07. The number of benzene rings is 3. The first-order valence-electron chi connectivity index (χ1n) is 11.1. The van der Waals surface area contributed by atoms with Gasteiger partial charge in [0, 0.05) is 31.1 Å². The number of amides is 3. The normalized spacial score (nSPS) is 15.7. The number of piperazine rings is 1. The largest absolute Gasteiger partial charge is 0.451 e. The molecule has 0 saturated carbocycles. The van der Waals surface area contributed by atoms with Crippen molar-refractivity contribution in [3.05, 3.63) is 106 Å². The zero-order valence-corrected chi connectivity index (χ0v) is 18.7. The molecular weight excluding hydrogens is 448 g/mol. The molecule has 2 heterocycles. The summed E-state index contributed by atoms with van der Waals surface area (Å²) < 4.78 is 5.76. The molecule has 3 amide bonds. The first-order valence-corrected chi connectivity index (χ1v) is 11.1. The molecule has 0 bridgehead atoms. The summed E-state index contributed by atoms with van der Waals surface area (Å²) >= 11 is 0. The first-order chi connectivity index (χ1) is 17.0. The van der Waals surface area contributed by atoms with Crippen molar-refractivity contribution in [3.8, 4) is 0 Å². The standard InChI is InChI=1S/C26H22N4O5/c31-25(24-16-19-10-4-7-13-23(19)35-24)28-14-15-29(22(17-28)18-8-2-1-3-9-18)26(32)27-20-11-5-6-12-21(20)30(33)34/h1-13,16,22H,14-15,17H2,(H,27,32). The summed E-state index contributed by atoms with van der Waals surface area (Å²) in [5.74, 6) is -0.00305. The highest BCUT2D eigenvalue weighted by Crippen LogP contribution is 2.30. The lowest BCUT2D eigenvalue weighted by atomic mass is 10.0. The van der Waals surface area contributed by atoms with Gasteiger partial charge in [-0.1, -0.05) is 60.7 Å². The number of carbonyl (C=O) groups is 2. The van der Waals surface area contributed by atoms with Gasteiger partial charge in [-0.3, -0.25) is 14.9 Å². The number of furan rings is 1. The summed E-state index contributed by atoms with van der Waals surface area (Å²) in [7, 11) is 0. The molecule has 1 unspecified atom stereocenters. The number of carbonyl (C=O) groups excluding carboxylic acids is 2. The van der Waals surface area contributed by atoms with Crippen LogP contribution in [-0.4, -0.2) is 46.3 Å². The van der Waals surface area contributed by atoms with E-state index in [0.29, 0.717) is 12.1 Å². The summed E-state index contributed by atoms with van der Waals surface area (Å²) in [5, 5.41) is 14.9. The maximum Gasteiger partial charge on any atom is 0.322 e. The number of nitro benzene ring substituents is 1. The molecule has 1 fully saturated rings. The number of para-hydroxylation sites is 3. The third-order valence-corrected chi connectivity index (χ3v) is 6.09. The summed E-state index contributed by atoms with van der Waals surface area (Å²) in [6, 6.07) is 23.6. The molecule has 0 radical (unpaired) electrons. The monoisotopic (exact) mass is 470 g/mol. The SMILES string of the molecule is O=C(c1cc2ccccc2o1)N1CCN(C(=O)Nc2ccccc2[N+](=O)[O-])C(c2ccccc2)C1. The highest BCUT2D eigenvalue weighted by molar-refractivity contribution is 5.96. The number of hydrogen-bond donors (Lipinski definition) is 1. The summed E-state index contributed by atoms with van der Waals surface area (Å²) in [4.78, 5) is 40.6. The van der Waals surface area contributed by atoms with Crippen LogP contribution < -0.4 is 5.32 Å². The van der Waals surface area contributed by atoms with E-state index in [9.17, 15) is 19.7 Å². The second kappa shape index (κ2) is 9.30. The van der Waals surface area contributed by atoms with Crippen LogP contribution in [0.3, 0.4) is 0 Å². The van der Waals surface area contributed by atoms with Crippen molar-refractivity contribution >= 4 is 34.3 Å². The minimum atomic E-state index is -0.533. The molecule has 4 aromatic rings. The third kappa shape index (κ3) is 4.43. The number of hydrogen-bond acceptors (Lipinski definition) is 5.